The molecule has 2 N–H and O–H groups in total. The number of pyridine rings is 1. The standard InChI is InChI=1S/C15H17BrN2S/c16-11-7-12-13(17)5-6-14(15(12)18-8-11)19-9-10-3-1-2-4-10/h5-8,10H,1-4,9,17H2. The van der Waals surface area contributed by atoms with Crippen LogP contribution in [-0.2, 0) is 0 Å². The molecule has 0 atom stereocenters. The van der Waals surface area contributed by atoms with Crippen LogP contribution < -0.4 is 5.73 Å². The number of anilines is 1. The second-order valence-corrected chi connectivity index (χ2v) is 7.14. The van der Waals surface area contributed by atoms with Crippen molar-refractivity contribution in [2.24, 2.45) is 5.92 Å². The number of nitrogen functional groups attached to an aromatic ring is 1. The van der Waals surface area contributed by atoms with Crippen molar-refractivity contribution in [3.05, 3.63) is 28.9 Å². The Labute approximate surface area is 126 Å². The lowest BCUT2D eigenvalue weighted by atomic mass is 10.1. The molecule has 1 heterocycles. The topological polar surface area (TPSA) is 38.9 Å². The van der Waals surface area contributed by atoms with Gasteiger partial charge in [0.2, 0.25) is 0 Å². The van der Waals surface area contributed by atoms with Crippen molar-refractivity contribution in [3.8, 4) is 0 Å². The summed E-state index contributed by atoms with van der Waals surface area (Å²) in [6, 6.07) is 6.16. The van der Waals surface area contributed by atoms with Gasteiger partial charge in [-0.3, -0.25) is 4.98 Å². The summed E-state index contributed by atoms with van der Waals surface area (Å²) in [5.41, 5.74) is 7.88. The molecule has 0 amide bonds. The van der Waals surface area contributed by atoms with Gasteiger partial charge >= 0.3 is 0 Å². The Bertz CT molecular complexity index is 594. The molecule has 4 heteroatoms. The Balaban J connectivity index is 1.88. The fourth-order valence-corrected chi connectivity index (χ4v) is 4.23. The van der Waals surface area contributed by atoms with E-state index in [1.165, 1.54) is 36.3 Å². The quantitative estimate of drug-likeness (QED) is 0.642. The molecule has 3 rings (SSSR count). The van der Waals surface area contributed by atoms with Gasteiger partial charge in [-0.1, -0.05) is 12.8 Å². The summed E-state index contributed by atoms with van der Waals surface area (Å²) in [6.45, 7) is 0. The highest BCUT2D eigenvalue weighted by molar-refractivity contribution is 9.10. The van der Waals surface area contributed by atoms with Crippen LogP contribution in [0.4, 0.5) is 5.69 Å². The Morgan fingerprint density at radius 2 is 2.11 bits per heavy atom. The first kappa shape index (κ1) is 13.3. The van der Waals surface area contributed by atoms with Gasteiger partial charge in [0.05, 0.1) is 5.52 Å². The molecule has 2 nitrogen and oxygen atoms in total. The third-order valence-electron chi connectivity index (χ3n) is 3.76. The summed E-state index contributed by atoms with van der Waals surface area (Å²) in [5, 5.41) is 1.05. The molecule has 1 aromatic heterocycles. The van der Waals surface area contributed by atoms with E-state index in [2.05, 4.69) is 33.0 Å². The van der Waals surface area contributed by atoms with Crippen LogP contribution in [-0.4, -0.2) is 10.7 Å². The number of hydrogen-bond acceptors (Lipinski definition) is 3. The SMILES string of the molecule is Nc1ccc(SCC2CCCC2)c2ncc(Br)cc12. The van der Waals surface area contributed by atoms with Crippen LogP contribution in [0, 0.1) is 5.92 Å². The van der Waals surface area contributed by atoms with Crippen LogP contribution in [0.1, 0.15) is 25.7 Å². The van der Waals surface area contributed by atoms with Gasteiger partial charge in [-0.2, -0.15) is 0 Å². The van der Waals surface area contributed by atoms with Crippen LogP contribution in [0.2, 0.25) is 0 Å². The number of thioether (sulfide) groups is 1. The van der Waals surface area contributed by atoms with E-state index in [1.807, 2.05) is 24.0 Å². The Morgan fingerprint density at radius 1 is 1.32 bits per heavy atom. The normalized spacial score (nSPS) is 16.3. The number of nitrogens with two attached hydrogens (primary N) is 1. The zero-order chi connectivity index (χ0) is 13.2. The average molecular weight is 337 g/mol. The Kier molecular flexibility index (Phi) is 3.99. The second-order valence-electron chi connectivity index (χ2n) is 5.16. The molecule has 0 aliphatic heterocycles. The lowest BCUT2D eigenvalue weighted by molar-refractivity contribution is 0.623. The maximum atomic E-state index is 6.04. The first-order valence-corrected chi connectivity index (χ1v) is 8.48. The Hall–Kier alpha value is -0.740. The van der Waals surface area contributed by atoms with Crippen LogP contribution in [0.3, 0.4) is 0 Å². The molecule has 2 aromatic rings. The van der Waals surface area contributed by atoms with Crippen molar-refractivity contribution in [2.45, 2.75) is 30.6 Å². The van der Waals surface area contributed by atoms with E-state index in [0.29, 0.717) is 0 Å². The summed E-state index contributed by atoms with van der Waals surface area (Å²) >= 11 is 5.39. The molecule has 19 heavy (non-hydrogen) atoms. The van der Waals surface area contributed by atoms with Gasteiger partial charge in [-0.05, 0) is 52.9 Å². The molecule has 1 fully saturated rings. The molecule has 0 bridgehead atoms. The maximum Gasteiger partial charge on any atom is 0.0859 e. The third-order valence-corrected chi connectivity index (χ3v) is 5.47. The minimum Gasteiger partial charge on any atom is -0.398 e. The number of benzene rings is 1. The predicted molar refractivity (Wildman–Crippen MR) is 86.5 cm³/mol. The largest absolute Gasteiger partial charge is 0.398 e. The predicted octanol–water partition coefficient (Wildman–Crippen LogP) is 4.86. The zero-order valence-electron chi connectivity index (χ0n) is 10.7. The average Bonchev–Trinajstić information content (AvgIpc) is 2.92. The van der Waals surface area contributed by atoms with Gasteiger partial charge in [-0.25, -0.2) is 0 Å². The van der Waals surface area contributed by atoms with Gasteiger partial charge in [0, 0.05) is 32.4 Å². The van der Waals surface area contributed by atoms with Crippen LogP contribution >= 0.6 is 27.7 Å². The number of nitrogens with zero attached hydrogens (tertiary/aromatic N) is 1. The molecule has 0 spiro atoms. The number of aromatic nitrogens is 1. The van der Waals surface area contributed by atoms with Crippen molar-refractivity contribution in [3.63, 3.8) is 0 Å². The van der Waals surface area contributed by atoms with Crippen molar-refractivity contribution in [2.75, 3.05) is 11.5 Å². The van der Waals surface area contributed by atoms with Crippen LogP contribution in [0.5, 0.6) is 0 Å². The smallest absolute Gasteiger partial charge is 0.0859 e. The number of rotatable bonds is 3. The number of halogens is 1. The van der Waals surface area contributed by atoms with Gasteiger partial charge in [-0.15, -0.1) is 11.8 Å². The summed E-state index contributed by atoms with van der Waals surface area (Å²) in [5.74, 6) is 2.09. The van der Waals surface area contributed by atoms with E-state index in [4.69, 9.17) is 5.73 Å². The van der Waals surface area contributed by atoms with Gasteiger partial charge in [0.1, 0.15) is 0 Å². The molecule has 0 unspecified atom stereocenters. The van der Waals surface area contributed by atoms with Crippen molar-refractivity contribution >= 4 is 44.3 Å². The van der Waals surface area contributed by atoms with E-state index < -0.39 is 0 Å². The van der Waals surface area contributed by atoms with Gasteiger partial charge < -0.3 is 5.73 Å². The summed E-state index contributed by atoms with van der Waals surface area (Å²) in [6.07, 6.45) is 7.43. The molecule has 1 aromatic carbocycles. The summed E-state index contributed by atoms with van der Waals surface area (Å²) in [4.78, 5) is 5.79. The fraction of sp³-hybridized carbons (Fsp3) is 0.400. The highest BCUT2D eigenvalue weighted by Gasteiger charge is 2.16. The van der Waals surface area contributed by atoms with E-state index in [0.717, 1.165) is 27.0 Å². The molecule has 1 aliphatic carbocycles. The summed E-state index contributed by atoms with van der Waals surface area (Å²) in [7, 11) is 0. The fourth-order valence-electron chi connectivity index (χ4n) is 2.69. The lowest BCUT2D eigenvalue weighted by Gasteiger charge is -2.11. The minimum absolute atomic E-state index is 0.800. The van der Waals surface area contributed by atoms with E-state index in [1.54, 1.807) is 0 Å². The van der Waals surface area contributed by atoms with E-state index in [-0.39, 0.29) is 0 Å². The maximum absolute atomic E-state index is 6.04. The molecule has 1 saturated carbocycles. The first-order valence-electron chi connectivity index (χ1n) is 6.70. The second kappa shape index (κ2) is 5.71. The Morgan fingerprint density at radius 3 is 2.89 bits per heavy atom. The molecule has 0 radical (unpaired) electrons. The zero-order valence-corrected chi connectivity index (χ0v) is 13.1. The van der Waals surface area contributed by atoms with Crippen LogP contribution in [0.15, 0.2) is 33.8 Å². The minimum atomic E-state index is 0.800. The number of fused-ring (bicyclic) bond motifs is 1. The van der Waals surface area contributed by atoms with E-state index in [9.17, 15) is 0 Å². The summed E-state index contributed by atoms with van der Waals surface area (Å²) < 4.78 is 0.977. The lowest BCUT2D eigenvalue weighted by Crippen LogP contribution is -1.97. The first-order chi connectivity index (χ1) is 9.24. The highest BCUT2D eigenvalue weighted by atomic mass is 79.9. The molecule has 100 valence electrons. The molecular weight excluding hydrogens is 320 g/mol. The van der Waals surface area contributed by atoms with E-state index >= 15 is 0 Å². The molecular formula is C15H17BrN2S. The van der Waals surface area contributed by atoms with Crippen molar-refractivity contribution in [1.82, 2.24) is 4.98 Å². The van der Waals surface area contributed by atoms with Crippen LogP contribution in [0.25, 0.3) is 10.9 Å². The van der Waals surface area contributed by atoms with Gasteiger partial charge in [0.15, 0.2) is 0 Å². The van der Waals surface area contributed by atoms with Gasteiger partial charge in [0.25, 0.3) is 0 Å². The molecule has 0 saturated heterocycles. The monoisotopic (exact) mass is 336 g/mol. The third kappa shape index (κ3) is 2.90. The highest BCUT2D eigenvalue weighted by Crippen LogP contribution is 2.35. The van der Waals surface area contributed by atoms with Crippen molar-refractivity contribution < 1.29 is 0 Å². The number of hydrogen-bond donors (Lipinski definition) is 1. The van der Waals surface area contributed by atoms with Crippen molar-refractivity contribution in [1.29, 1.82) is 0 Å². The molecule has 1 aliphatic rings.